The summed E-state index contributed by atoms with van der Waals surface area (Å²) in [7, 11) is 3.11. The average molecular weight is 428 g/mol. The van der Waals surface area contributed by atoms with E-state index in [0.717, 1.165) is 22.2 Å². The summed E-state index contributed by atoms with van der Waals surface area (Å²) in [5, 5.41) is 3.67. The predicted octanol–water partition coefficient (Wildman–Crippen LogP) is 5.24. The minimum absolute atomic E-state index is 0.143. The number of benzene rings is 3. The number of aryl methyl sites for hydroxylation is 1. The van der Waals surface area contributed by atoms with Crippen molar-refractivity contribution in [1.82, 2.24) is 4.98 Å². The molecule has 3 aromatic carbocycles. The minimum atomic E-state index is -0.282. The third-order valence-electron chi connectivity index (χ3n) is 5.05. The molecule has 6 nitrogen and oxygen atoms in total. The highest BCUT2D eigenvalue weighted by molar-refractivity contribution is 5.93. The molecule has 0 atom stereocenters. The second kappa shape index (κ2) is 9.39. The molecule has 4 rings (SSSR count). The Kier molecular flexibility index (Phi) is 6.22. The van der Waals surface area contributed by atoms with Gasteiger partial charge in [0.1, 0.15) is 5.75 Å². The van der Waals surface area contributed by atoms with Crippen molar-refractivity contribution >= 4 is 22.5 Å². The molecule has 4 aromatic rings. The molecule has 1 aromatic heterocycles. The molecular formula is C26H24N2O4. The van der Waals surface area contributed by atoms with Gasteiger partial charge in [0.2, 0.25) is 0 Å². The highest BCUT2D eigenvalue weighted by atomic mass is 16.5. The normalized spacial score (nSPS) is 10.6. The molecule has 0 saturated heterocycles. The molecule has 0 aliphatic rings. The van der Waals surface area contributed by atoms with Crippen molar-refractivity contribution < 1.29 is 19.0 Å². The molecule has 0 radical (unpaired) electrons. The highest BCUT2D eigenvalue weighted by Crippen LogP contribution is 2.31. The number of pyridine rings is 1. The van der Waals surface area contributed by atoms with Crippen LogP contribution in [0, 0.1) is 6.92 Å². The van der Waals surface area contributed by atoms with Gasteiger partial charge in [0.25, 0.3) is 5.91 Å². The molecule has 0 fully saturated rings. The molecule has 1 N–H and O–H groups in total. The van der Waals surface area contributed by atoms with Gasteiger partial charge in [-0.15, -0.1) is 0 Å². The molecule has 0 spiro atoms. The van der Waals surface area contributed by atoms with Gasteiger partial charge in [-0.3, -0.25) is 4.79 Å². The fraction of sp³-hybridized carbons (Fsp3) is 0.154. The second-order valence-corrected chi connectivity index (χ2v) is 7.30. The molecule has 32 heavy (non-hydrogen) atoms. The minimum Gasteiger partial charge on any atom is -0.493 e. The van der Waals surface area contributed by atoms with Crippen molar-refractivity contribution in [2.24, 2.45) is 0 Å². The number of nitrogens with one attached hydrogen (secondary N) is 1. The van der Waals surface area contributed by atoms with Crippen LogP contribution in [0.15, 0.2) is 72.8 Å². The van der Waals surface area contributed by atoms with Gasteiger partial charge in [0, 0.05) is 28.8 Å². The average Bonchev–Trinajstić information content (AvgIpc) is 2.82. The molecule has 0 bridgehead atoms. The van der Waals surface area contributed by atoms with Crippen molar-refractivity contribution in [2.45, 2.75) is 6.92 Å². The lowest BCUT2D eigenvalue weighted by Gasteiger charge is -2.13. The number of anilines is 1. The second-order valence-electron chi connectivity index (χ2n) is 7.30. The largest absolute Gasteiger partial charge is 0.493 e. The lowest BCUT2D eigenvalue weighted by Crippen LogP contribution is -2.20. The monoisotopic (exact) mass is 428 g/mol. The van der Waals surface area contributed by atoms with Crippen LogP contribution in [0.3, 0.4) is 0 Å². The van der Waals surface area contributed by atoms with Crippen LogP contribution in [0.2, 0.25) is 0 Å². The van der Waals surface area contributed by atoms with Crippen molar-refractivity contribution in [3.63, 3.8) is 0 Å². The van der Waals surface area contributed by atoms with Crippen LogP contribution in [0.25, 0.3) is 22.2 Å². The Balaban J connectivity index is 1.54. The van der Waals surface area contributed by atoms with E-state index in [9.17, 15) is 4.79 Å². The predicted molar refractivity (Wildman–Crippen MR) is 126 cm³/mol. The Hall–Kier alpha value is -4.06. The Labute approximate surface area is 186 Å². The van der Waals surface area contributed by atoms with E-state index in [1.165, 1.54) is 5.56 Å². The van der Waals surface area contributed by atoms with Gasteiger partial charge in [-0.2, -0.15) is 0 Å². The van der Waals surface area contributed by atoms with Crippen LogP contribution in [0.4, 0.5) is 5.69 Å². The van der Waals surface area contributed by atoms with Crippen molar-refractivity contribution in [2.75, 3.05) is 26.1 Å². The van der Waals surface area contributed by atoms with Gasteiger partial charge >= 0.3 is 0 Å². The first kappa shape index (κ1) is 21.2. The summed E-state index contributed by atoms with van der Waals surface area (Å²) < 4.78 is 16.4. The number of hydrogen-bond donors (Lipinski definition) is 1. The van der Waals surface area contributed by atoms with E-state index in [-0.39, 0.29) is 12.5 Å². The first-order valence-electron chi connectivity index (χ1n) is 10.2. The number of carbonyl (C=O) groups excluding carboxylic acids is 1. The van der Waals surface area contributed by atoms with Gasteiger partial charge in [-0.05, 0) is 31.2 Å². The number of carbonyl (C=O) groups is 1. The van der Waals surface area contributed by atoms with Crippen molar-refractivity contribution in [3.8, 4) is 28.5 Å². The summed E-state index contributed by atoms with van der Waals surface area (Å²) >= 11 is 0. The maximum atomic E-state index is 12.5. The maximum Gasteiger partial charge on any atom is 0.262 e. The van der Waals surface area contributed by atoms with E-state index in [1.807, 2.05) is 61.5 Å². The molecule has 162 valence electrons. The maximum absolute atomic E-state index is 12.5. The van der Waals surface area contributed by atoms with E-state index < -0.39 is 0 Å². The molecule has 0 aliphatic carbocycles. The smallest absolute Gasteiger partial charge is 0.262 e. The fourth-order valence-electron chi connectivity index (χ4n) is 3.39. The van der Waals surface area contributed by atoms with Gasteiger partial charge in [0.15, 0.2) is 18.1 Å². The van der Waals surface area contributed by atoms with Gasteiger partial charge in [-0.25, -0.2) is 4.98 Å². The summed E-state index contributed by atoms with van der Waals surface area (Å²) in [6, 6.07) is 22.9. The molecular weight excluding hydrogens is 404 g/mol. The molecule has 1 heterocycles. The molecule has 0 unspecified atom stereocenters. The van der Waals surface area contributed by atoms with E-state index in [1.54, 1.807) is 32.4 Å². The summed E-state index contributed by atoms with van der Waals surface area (Å²) in [5.41, 5.74) is 4.36. The van der Waals surface area contributed by atoms with Crippen molar-refractivity contribution in [3.05, 3.63) is 78.4 Å². The van der Waals surface area contributed by atoms with Gasteiger partial charge < -0.3 is 19.5 Å². The van der Waals surface area contributed by atoms with E-state index >= 15 is 0 Å². The summed E-state index contributed by atoms with van der Waals surface area (Å²) in [5.74, 6) is 1.45. The molecule has 0 saturated carbocycles. The topological polar surface area (TPSA) is 69.7 Å². The van der Waals surface area contributed by atoms with E-state index in [4.69, 9.17) is 19.2 Å². The van der Waals surface area contributed by atoms with Crippen LogP contribution in [-0.4, -0.2) is 31.7 Å². The Morgan fingerprint density at radius 1 is 0.875 bits per heavy atom. The third-order valence-corrected chi connectivity index (χ3v) is 5.05. The first-order chi connectivity index (χ1) is 15.6. The third kappa shape index (κ3) is 4.64. The van der Waals surface area contributed by atoms with Gasteiger partial charge in [-0.1, -0.05) is 42.0 Å². The summed E-state index contributed by atoms with van der Waals surface area (Å²) in [4.78, 5) is 17.3. The number of ether oxygens (including phenoxy) is 3. The quantitative estimate of drug-likeness (QED) is 0.436. The Bertz CT molecular complexity index is 1250. The number of aromatic nitrogens is 1. The number of fused-ring (bicyclic) bond motifs is 1. The number of amides is 1. The first-order valence-corrected chi connectivity index (χ1v) is 10.2. The zero-order chi connectivity index (χ0) is 22.5. The zero-order valence-corrected chi connectivity index (χ0v) is 18.2. The summed E-state index contributed by atoms with van der Waals surface area (Å²) in [6.45, 7) is 1.90. The standard InChI is InChI=1S/C26H24N2O4/c1-17-8-10-18(11-9-17)22-15-24(20-6-4-5-7-21(20)28-22)32-16-26(29)27-19-12-13-23(30-2)25(14-19)31-3/h4-15H,16H2,1-3H3,(H,27,29). The van der Waals surface area contributed by atoms with Crippen LogP contribution in [0.1, 0.15) is 5.56 Å². The van der Waals surface area contributed by atoms with E-state index in [0.29, 0.717) is 22.9 Å². The van der Waals surface area contributed by atoms with Crippen LogP contribution in [-0.2, 0) is 4.79 Å². The Morgan fingerprint density at radius 2 is 1.62 bits per heavy atom. The molecule has 0 aliphatic heterocycles. The SMILES string of the molecule is COc1ccc(NC(=O)COc2cc(-c3ccc(C)cc3)nc3ccccc23)cc1OC. The lowest BCUT2D eigenvalue weighted by molar-refractivity contribution is -0.118. The van der Waals surface area contributed by atoms with Crippen LogP contribution < -0.4 is 19.5 Å². The summed E-state index contributed by atoms with van der Waals surface area (Å²) in [6.07, 6.45) is 0. The number of nitrogens with zero attached hydrogens (tertiary/aromatic N) is 1. The number of rotatable bonds is 7. The van der Waals surface area contributed by atoms with Crippen molar-refractivity contribution in [1.29, 1.82) is 0 Å². The number of para-hydroxylation sites is 1. The van der Waals surface area contributed by atoms with Gasteiger partial charge in [0.05, 0.1) is 25.4 Å². The highest BCUT2D eigenvalue weighted by Gasteiger charge is 2.12. The van der Waals surface area contributed by atoms with E-state index in [2.05, 4.69) is 5.32 Å². The molecule has 6 heteroatoms. The van der Waals surface area contributed by atoms with Crippen LogP contribution >= 0.6 is 0 Å². The number of hydrogen-bond acceptors (Lipinski definition) is 5. The lowest BCUT2D eigenvalue weighted by atomic mass is 10.1. The fourth-order valence-corrected chi connectivity index (χ4v) is 3.39. The Morgan fingerprint density at radius 3 is 2.38 bits per heavy atom. The molecule has 1 amide bonds. The van der Waals surface area contributed by atoms with Crippen LogP contribution in [0.5, 0.6) is 17.2 Å². The number of methoxy groups -OCH3 is 2. The zero-order valence-electron chi connectivity index (χ0n) is 18.2.